The van der Waals surface area contributed by atoms with E-state index in [0.717, 1.165) is 23.9 Å². The number of carbonyl (C=O) groups is 2. The summed E-state index contributed by atoms with van der Waals surface area (Å²) in [5, 5.41) is 2.38. The maximum atomic E-state index is 12.2. The van der Waals surface area contributed by atoms with Crippen molar-refractivity contribution < 1.29 is 14.3 Å². The fourth-order valence-electron chi connectivity index (χ4n) is 3.31. The molecule has 2 atom stereocenters. The summed E-state index contributed by atoms with van der Waals surface area (Å²) in [5.74, 6) is 1.20. The Bertz CT molecular complexity index is 719. The molecule has 2 saturated heterocycles. The number of guanidine groups is 1. The summed E-state index contributed by atoms with van der Waals surface area (Å²) in [5.41, 5.74) is 0.957. The molecule has 1 aromatic carbocycles. The number of imide groups is 1. The fraction of sp³-hybridized carbons (Fsp3) is 0.400. The van der Waals surface area contributed by atoms with Crippen molar-refractivity contribution in [2.24, 2.45) is 4.99 Å². The van der Waals surface area contributed by atoms with Gasteiger partial charge in [0, 0.05) is 31.9 Å². The predicted octanol–water partition coefficient (Wildman–Crippen LogP) is 0.0631. The molecule has 23 heavy (non-hydrogen) atoms. The van der Waals surface area contributed by atoms with Crippen molar-refractivity contribution in [3.05, 3.63) is 24.3 Å². The molecule has 2 fully saturated rings. The van der Waals surface area contributed by atoms with E-state index in [1.807, 2.05) is 34.1 Å². The highest BCUT2D eigenvalue weighted by Gasteiger charge is 2.51. The first-order valence-corrected chi connectivity index (χ1v) is 7.44. The highest BCUT2D eigenvalue weighted by molar-refractivity contribution is 6.07. The van der Waals surface area contributed by atoms with Gasteiger partial charge in [-0.2, -0.15) is 0 Å². The monoisotopic (exact) mass is 315 g/mol. The summed E-state index contributed by atoms with van der Waals surface area (Å²) in [6, 6.07) is 6.85. The largest absolute Gasteiger partial charge is 0.497 e. The number of aliphatic imine (C=N–C) groups is 1. The maximum Gasteiger partial charge on any atom is 0.325 e. The van der Waals surface area contributed by atoms with Crippen LogP contribution in [0.25, 0.3) is 0 Å². The Morgan fingerprint density at radius 3 is 2.91 bits per heavy atom. The van der Waals surface area contributed by atoms with Crippen LogP contribution in [0.5, 0.6) is 5.75 Å². The van der Waals surface area contributed by atoms with Crippen molar-refractivity contribution >= 4 is 23.6 Å². The van der Waals surface area contributed by atoms with Crippen LogP contribution in [0, 0.1) is 0 Å². The lowest BCUT2D eigenvalue weighted by Gasteiger charge is -2.34. The first kappa shape index (κ1) is 13.9. The molecule has 2 unspecified atom stereocenters. The van der Waals surface area contributed by atoms with Gasteiger partial charge in [0.05, 0.1) is 7.11 Å². The zero-order valence-electron chi connectivity index (χ0n) is 12.9. The van der Waals surface area contributed by atoms with E-state index in [1.54, 1.807) is 14.2 Å². The molecular formula is C15H17N5O3. The van der Waals surface area contributed by atoms with E-state index in [1.165, 1.54) is 4.90 Å². The number of carbonyl (C=O) groups excluding carboxylic acids is 2. The minimum Gasteiger partial charge on any atom is -0.497 e. The van der Waals surface area contributed by atoms with E-state index in [-0.39, 0.29) is 5.91 Å². The highest BCUT2D eigenvalue weighted by atomic mass is 16.5. The molecule has 8 nitrogen and oxygen atoms in total. The SMILES string of the molecule is COc1cccc(N2CCN3C2=NC2C3C(=O)NC(=O)N2C)c1. The molecule has 3 amide bonds. The lowest BCUT2D eigenvalue weighted by atomic mass is 10.1. The first-order chi connectivity index (χ1) is 11.1. The number of nitrogens with zero attached hydrogens (tertiary/aromatic N) is 4. The second kappa shape index (κ2) is 4.87. The van der Waals surface area contributed by atoms with Gasteiger partial charge in [-0.3, -0.25) is 10.1 Å². The average molecular weight is 315 g/mol. The molecule has 4 rings (SSSR count). The number of anilines is 1. The minimum absolute atomic E-state index is 0.288. The summed E-state index contributed by atoms with van der Waals surface area (Å²) in [4.78, 5) is 34.1. The molecule has 1 N–H and O–H groups in total. The number of amides is 3. The molecule has 0 spiro atoms. The van der Waals surface area contributed by atoms with Crippen LogP contribution < -0.4 is 15.0 Å². The van der Waals surface area contributed by atoms with Crippen molar-refractivity contribution in [2.75, 3.05) is 32.1 Å². The van der Waals surface area contributed by atoms with Crippen LogP contribution >= 0.6 is 0 Å². The summed E-state index contributed by atoms with van der Waals surface area (Å²) in [6.07, 6.45) is -0.473. The van der Waals surface area contributed by atoms with Crippen LogP contribution in [-0.2, 0) is 4.79 Å². The van der Waals surface area contributed by atoms with Gasteiger partial charge < -0.3 is 19.4 Å². The second-order valence-corrected chi connectivity index (χ2v) is 5.74. The molecule has 3 aliphatic rings. The van der Waals surface area contributed by atoms with Crippen molar-refractivity contribution in [2.45, 2.75) is 12.2 Å². The Balaban J connectivity index is 1.69. The lowest BCUT2D eigenvalue weighted by Crippen LogP contribution is -2.63. The molecule has 1 aromatic rings. The third-order valence-corrected chi connectivity index (χ3v) is 4.51. The summed E-state index contributed by atoms with van der Waals surface area (Å²) < 4.78 is 5.27. The van der Waals surface area contributed by atoms with Gasteiger partial charge in [0.1, 0.15) is 5.75 Å². The highest BCUT2D eigenvalue weighted by Crippen LogP contribution is 2.32. The van der Waals surface area contributed by atoms with Crippen molar-refractivity contribution in [3.8, 4) is 5.75 Å². The number of urea groups is 1. The van der Waals surface area contributed by atoms with E-state index in [2.05, 4.69) is 10.3 Å². The Kier molecular flexibility index (Phi) is 2.93. The number of hydrogen-bond donors (Lipinski definition) is 1. The number of likely N-dealkylation sites (N-methyl/N-ethyl adjacent to an activating group) is 1. The third kappa shape index (κ3) is 1.94. The van der Waals surface area contributed by atoms with Crippen molar-refractivity contribution in [1.29, 1.82) is 0 Å². The van der Waals surface area contributed by atoms with E-state index >= 15 is 0 Å². The predicted molar refractivity (Wildman–Crippen MR) is 83.4 cm³/mol. The number of nitrogens with one attached hydrogen (secondary N) is 1. The minimum atomic E-state index is -0.473. The van der Waals surface area contributed by atoms with Crippen molar-refractivity contribution in [1.82, 2.24) is 15.1 Å². The molecular weight excluding hydrogens is 298 g/mol. The summed E-state index contributed by atoms with van der Waals surface area (Å²) in [6.45, 7) is 1.42. The lowest BCUT2D eigenvalue weighted by molar-refractivity contribution is -0.126. The van der Waals surface area contributed by atoms with E-state index in [4.69, 9.17) is 4.74 Å². The van der Waals surface area contributed by atoms with Crippen LogP contribution in [0.1, 0.15) is 0 Å². The molecule has 0 saturated carbocycles. The van der Waals surface area contributed by atoms with E-state index in [0.29, 0.717) is 6.54 Å². The summed E-state index contributed by atoms with van der Waals surface area (Å²) >= 11 is 0. The molecule has 8 heteroatoms. The Morgan fingerprint density at radius 2 is 2.13 bits per heavy atom. The molecule has 120 valence electrons. The van der Waals surface area contributed by atoms with Crippen LogP contribution in [0.4, 0.5) is 10.5 Å². The van der Waals surface area contributed by atoms with Gasteiger partial charge in [-0.25, -0.2) is 9.79 Å². The Morgan fingerprint density at radius 1 is 1.30 bits per heavy atom. The third-order valence-electron chi connectivity index (χ3n) is 4.51. The van der Waals surface area contributed by atoms with Crippen LogP contribution in [0.2, 0.25) is 0 Å². The average Bonchev–Trinajstić information content (AvgIpc) is 3.11. The first-order valence-electron chi connectivity index (χ1n) is 7.44. The Labute approximate surface area is 133 Å². The smallest absolute Gasteiger partial charge is 0.325 e. The van der Waals surface area contributed by atoms with Crippen LogP contribution in [0.15, 0.2) is 29.3 Å². The fourth-order valence-corrected chi connectivity index (χ4v) is 3.31. The van der Waals surface area contributed by atoms with Gasteiger partial charge in [0.15, 0.2) is 12.2 Å². The van der Waals surface area contributed by atoms with Gasteiger partial charge in [0.2, 0.25) is 5.96 Å². The quantitative estimate of drug-likeness (QED) is 0.835. The molecule has 0 bridgehead atoms. The zero-order valence-corrected chi connectivity index (χ0v) is 12.9. The van der Waals surface area contributed by atoms with Gasteiger partial charge in [-0.05, 0) is 12.1 Å². The normalized spacial score (nSPS) is 26.0. The number of methoxy groups -OCH3 is 1. The van der Waals surface area contributed by atoms with Gasteiger partial charge in [0.25, 0.3) is 5.91 Å². The van der Waals surface area contributed by atoms with Gasteiger partial charge in [-0.1, -0.05) is 6.07 Å². The number of hydrogen-bond acceptors (Lipinski definition) is 6. The van der Waals surface area contributed by atoms with Crippen LogP contribution in [0.3, 0.4) is 0 Å². The molecule has 3 heterocycles. The molecule has 0 aliphatic carbocycles. The molecule has 3 aliphatic heterocycles. The molecule has 0 aromatic heterocycles. The number of ether oxygens (including phenoxy) is 1. The second-order valence-electron chi connectivity index (χ2n) is 5.74. The zero-order chi connectivity index (χ0) is 16.1. The summed E-state index contributed by atoms with van der Waals surface area (Å²) in [7, 11) is 3.28. The molecule has 0 radical (unpaired) electrons. The number of rotatable bonds is 2. The Hall–Kier alpha value is -2.77. The van der Waals surface area contributed by atoms with E-state index < -0.39 is 18.2 Å². The van der Waals surface area contributed by atoms with Gasteiger partial charge >= 0.3 is 6.03 Å². The standard InChI is InChI=1S/C15H17N5O3/c1-18-12-11(13(21)17-15(18)22)20-7-6-19(14(20)16-12)9-4-3-5-10(8-9)23-2/h3-5,8,11-12H,6-7H2,1-2H3,(H,17,21,22). The number of fused-ring (bicyclic) bond motifs is 3. The van der Waals surface area contributed by atoms with Crippen LogP contribution in [-0.4, -0.2) is 67.2 Å². The topological polar surface area (TPSA) is 77.5 Å². The number of benzene rings is 1. The van der Waals surface area contributed by atoms with Crippen molar-refractivity contribution in [3.63, 3.8) is 0 Å². The maximum absolute atomic E-state index is 12.2. The van der Waals surface area contributed by atoms with Gasteiger partial charge in [-0.15, -0.1) is 0 Å². The van der Waals surface area contributed by atoms with E-state index in [9.17, 15) is 9.59 Å².